The number of benzene rings is 1. The molecule has 0 aliphatic heterocycles. The van der Waals surface area contributed by atoms with Crippen LogP contribution >= 0.6 is 38.5 Å². The number of ether oxygens (including phenoxy) is 2. The second-order valence-electron chi connectivity index (χ2n) is 4.56. The second kappa shape index (κ2) is 7.22. The zero-order chi connectivity index (χ0) is 14.7. The summed E-state index contributed by atoms with van der Waals surface area (Å²) in [4.78, 5) is -0.325. The molecule has 0 amide bonds. The van der Waals surface area contributed by atoms with E-state index < -0.39 is 18.3 Å². The SMILES string of the molecule is COc1ccc(CO[C@H]2[C@H](Br)[C@@H](O)C=C(I)[C@H]2O)cc1. The molecule has 0 radical (unpaired) electrons. The summed E-state index contributed by atoms with van der Waals surface area (Å²) in [6.45, 7) is 0.366. The van der Waals surface area contributed by atoms with Crippen molar-refractivity contribution in [1.82, 2.24) is 0 Å². The lowest BCUT2D eigenvalue weighted by molar-refractivity contribution is -0.0463. The van der Waals surface area contributed by atoms with Crippen LogP contribution in [0.2, 0.25) is 0 Å². The van der Waals surface area contributed by atoms with Gasteiger partial charge in [0.15, 0.2) is 0 Å². The Labute approximate surface area is 140 Å². The Balaban J connectivity index is 2.00. The van der Waals surface area contributed by atoms with Gasteiger partial charge in [-0.3, -0.25) is 0 Å². The molecule has 20 heavy (non-hydrogen) atoms. The van der Waals surface area contributed by atoms with Crippen LogP contribution in [0.4, 0.5) is 0 Å². The summed E-state index contributed by atoms with van der Waals surface area (Å²) in [7, 11) is 1.62. The molecule has 1 aliphatic carbocycles. The van der Waals surface area contributed by atoms with Crippen LogP contribution < -0.4 is 4.74 Å². The average Bonchev–Trinajstić information content (AvgIpc) is 2.46. The van der Waals surface area contributed by atoms with Crippen molar-refractivity contribution in [2.24, 2.45) is 0 Å². The molecule has 0 saturated heterocycles. The molecule has 0 saturated carbocycles. The van der Waals surface area contributed by atoms with Crippen molar-refractivity contribution < 1.29 is 19.7 Å². The van der Waals surface area contributed by atoms with E-state index >= 15 is 0 Å². The standard InChI is InChI=1S/C14H16BrIO4/c1-19-9-4-2-8(3-5-9)7-20-14-12(15)11(17)6-10(16)13(14)18/h2-6,11-14,17-18H,7H2,1H3/t11-,12+,13+,14-/m0/s1. The lowest BCUT2D eigenvalue weighted by Crippen LogP contribution is -2.45. The van der Waals surface area contributed by atoms with Gasteiger partial charge < -0.3 is 19.7 Å². The van der Waals surface area contributed by atoms with E-state index in [9.17, 15) is 10.2 Å². The molecule has 4 nitrogen and oxygen atoms in total. The quantitative estimate of drug-likeness (QED) is 0.541. The highest BCUT2D eigenvalue weighted by Crippen LogP contribution is 2.31. The highest BCUT2D eigenvalue weighted by Gasteiger charge is 2.37. The van der Waals surface area contributed by atoms with E-state index in [1.165, 1.54) is 0 Å². The van der Waals surface area contributed by atoms with Crippen molar-refractivity contribution in [2.75, 3.05) is 7.11 Å². The van der Waals surface area contributed by atoms with Gasteiger partial charge in [0.2, 0.25) is 0 Å². The third kappa shape index (κ3) is 3.73. The minimum atomic E-state index is -0.721. The normalized spacial score (nSPS) is 29.9. The van der Waals surface area contributed by atoms with E-state index in [4.69, 9.17) is 9.47 Å². The number of hydrogen-bond acceptors (Lipinski definition) is 4. The lowest BCUT2D eigenvalue weighted by Gasteiger charge is -2.33. The molecule has 0 bridgehead atoms. The van der Waals surface area contributed by atoms with Crippen molar-refractivity contribution in [3.8, 4) is 5.75 Å². The minimum absolute atomic E-state index is 0.325. The Morgan fingerprint density at radius 3 is 2.50 bits per heavy atom. The largest absolute Gasteiger partial charge is 0.497 e. The van der Waals surface area contributed by atoms with Gasteiger partial charge in [-0.25, -0.2) is 0 Å². The van der Waals surface area contributed by atoms with Gasteiger partial charge in [0.25, 0.3) is 0 Å². The fourth-order valence-electron chi connectivity index (χ4n) is 1.98. The Kier molecular flexibility index (Phi) is 5.85. The van der Waals surface area contributed by atoms with Gasteiger partial charge in [-0.1, -0.05) is 28.1 Å². The van der Waals surface area contributed by atoms with Crippen molar-refractivity contribution in [3.05, 3.63) is 39.5 Å². The number of halogens is 2. The fraction of sp³-hybridized carbons (Fsp3) is 0.429. The van der Waals surface area contributed by atoms with Crippen molar-refractivity contribution in [1.29, 1.82) is 0 Å². The maximum absolute atomic E-state index is 10.1. The molecule has 1 aromatic carbocycles. The number of hydrogen-bond donors (Lipinski definition) is 2. The number of aliphatic hydroxyl groups excluding tert-OH is 2. The molecule has 0 aromatic heterocycles. The third-order valence-corrected chi connectivity index (χ3v) is 5.23. The number of methoxy groups -OCH3 is 1. The monoisotopic (exact) mass is 454 g/mol. The minimum Gasteiger partial charge on any atom is -0.497 e. The van der Waals surface area contributed by atoms with Gasteiger partial charge >= 0.3 is 0 Å². The van der Waals surface area contributed by atoms with Gasteiger partial charge in [0.05, 0.1) is 24.6 Å². The molecule has 4 atom stereocenters. The lowest BCUT2D eigenvalue weighted by atomic mass is 9.99. The zero-order valence-electron chi connectivity index (χ0n) is 10.9. The molecule has 0 fully saturated rings. The number of aliphatic hydroxyl groups is 2. The van der Waals surface area contributed by atoms with E-state index in [2.05, 4.69) is 15.9 Å². The maximum atomic E-state index is 10.1. The molecule has 110 valence electrons. The first-order chi connectivity index (χ1) is 9.52. The van der Waals surface area contributed by atoms with E-state index in [-0.39, 0.29) is 4.83 Å². The van der Waals surface area contributed by atoms with Gasteiger partial charge in [-0.2, -0.15) is 0 Å². The molecule has 1 aliphatic rings. The van der Waals surface area contributed by atoms with E-state index in [0.29, 0.717) is 10.2 Å². The molecular weight excluding hydrogens is 439 g/mol. The molecule has 6 heteroatoms. The molecule has 0 unspecified atom stereocenters. The Hall–Kier alpha value is -0.150. The van der Waals surface area contributed by atoms with E-state index in [1.54, 1.807) is 13.2 Å². The summed E-state index contributed by atoms with van der Waals surface area (Å²) in [5.41, 5.74) is 0.983. The van der Waals surface area contributed by atoms with Crippen LogP contribution in [0, 0.1) is 0 Å². The first-order valence-electron chi connectivity index (χ1n) is 6.15. The highest BCUT2D eigenvalue weighted by molar-refractivity contribution is 14.1. The van der Waals surface area contributed by atoms with E-state index in [1.807, 2.05) is 46.9 Å². The van der Waals surface area contributed by atoms with Crippen LogP contribution in [-0.2, 0) is 11.3 Å². The van der Waals surface area contributed by atoms with Gasteiger partial charge in [0, 0.05) is 3.58 Å². The van der Waals surface area contributed by atoms with Crippen LogP contribution in [0.5, 0.6) is 5.75 Å². The van der Waals surface area contributed by atoms with Gasteiger partial charge in [-0.05, 0) is 46.4 Å². The van der Waals surface area contributed by atoms with Crippen LogP contribution in [0.15, 0.2) is 33.9 Å². The molecular formula is C14H16BrIO4. The Morgan fingerprint density at radius 1 is 1.25 bits per heavy atom. The number of alkyl halides is 1. The predicted molar refractivity (Wildman–Crippen MR) is 88.4 cm³/mol. The second-order valence-corrected chi connectivity index (χ2v) is 6.86. The summed E-state index contributed by atoms with van der Waals surface area (Å²) in [5, 5.41) is 20.0. The third-order valence-electron chi connectivity index (χ3n) is 3.17. The van der Waals surface area contributed by atoms with Crippen molar-refractivity contribution >= 4 is 38.5 Å². The summed E-state index contributed by atoms with van der Waals surface area (Å²) in [6.07, 6.45) is -0.227. The van der Waals surface area contributed by atoms with Gasteiger partial charge in [0.1, 0.15) is 18.0 Å². The fourth-order valence-corrected chi connectivity index (χ4v) is 3.29. The highest BCUT2D eigenvalue weighted by atomic mass is 127. The van der Waals surface area contributed by atoms with Crippen LogP contribution in [0.25, 0.3) is 0 Å². The first kappa shape index (κ1) is 16.2. The summed E-state index contributed by atoms with van der Waals surface area (Å²) in [6, 6.07) is 7.54. The Bertz CT molecular complexity index is 477. The zero-order valence-corrected chi connectivity index (χ0v) is 14.6. The van der Waals surface area contributed by atoms with Crippen molar-refractivity contribution in [3.63, 3.8) is 0 Å². The number of rotatable bonds is 4. The van der Waals surface area contributed by atoms with Crippen LogP contribution in [-0.4, -0.2) is 40.5 Å². The molecule has 2 rings (SSSR count). The molecule has 1 aromatic rings. The maximum Gasteiger partial charge on any atom is 0.118 e. The first-order valence-corrected chi connectivity index (χ1v) is 8.14. The van der Waals surface area contributed by atoms with Gasteiger partial charge in [-0.15, -0.1) is 0 Å². The summed E-state index contributed by atoms with van der Waals surface area (Å²) >= 11 is 5.40. The summed E-state index contributed by atoms with van der Waals surface area (Å²) < 4.78 is 11.6. The predicted octanol–water partition coefficient (Wildman–Crippen LogP) is 2.40. The molecule has 0 spiro atoms. The summed E-state index contributed by atoms with van der Waals surface area (Å²) in [5.74, 6) is 0.790. The molecule has 2 N–H and O–H groups in total. The van der Waals surface area contributed by atoms with Crippen LogP contribution in [0.1, 0.15) is 5.56 Å². The average molecular weight is 455 g/mol. The molecule has 0 heterocycles. The van der Waals surface area contributed by atoms with E-state index in [0.717, 1.165) is 11.3 Å². The Morgan fingerprint density at radius 2 is 1.90 bits per heavy atom. The smallest absolute Gasteiger partial charge is 0.118 e. The van der Waals surface area contributed by atoms with Crippen LogP contribution in [0.3, 0.4) is 0 Å². The van der Waals surface area contributed by atoms with Crippen molar-refractivity contribution in [2.45, 2.75) is 29.7 Å². The topological polar surface area (TPSA) is 58.9 Å².